The van der Waals surface area contributed by atoms with Crippen LogP contribution < -0.4 is 0 Å². The summed E-state index contributed by atoms with van der Waals surface area (Å²) < 4.78 is 0. The number of benzene rings is 1. The van der Waals surface area contributed by atoms with E-state index in [9.17, 15) is 14.9 Å². The van der Waals surface area contributed by atoms with Gasteiger partial charge in [0.1, 0.15) is 0 Å². The van der Waals surface area contributed by atoms with Crippen LogP contribution in [0, 0.1) is 10.1 Å². The van der Waals surface area contributed by atoms with Crippen molar-refractivity contribution in [3.05, 3.63) is 51.6 Å². The molecule has 0 bridgehead atoms. The molecule has 0 spiro atoms. The zero-order valence-corrected chi connectivity index (χ0v) is 7.42. The average molecular weight is 191 g/mol. The number of hydrogen-bond donors (Lipinski definition) is 0. The first-order valence-corrected chi connectivity index (χ1v) is 4.06. The van der Waals surface area contributed by atoms with Crippen LogP contribution in [0.25, 0.3) is 6.08 Å². The molecular formula is C10H9NO3. The fraction of sp³-hybridized carbons (Fsp3) is 0.100. The lowest BCUT2D eigenvalue weighted by Gasteiger charge is -1.95. The molecule has 1 aromatic carbocycles. The average Bonchev–Trinajstić information content (AvgIpc) is 2.18. The van der Waals surface area contributed by atoms with E-state index < -0.39 is 4.92 Å². The Morgan fingerprint density at radius 2 is 1.93 bits per heavy atom. The Morgan fingerprint density at radius 3 is 2.50 bits per heavy atom. The molecule has 72 valence electrons. The highest BCUT2D eigenvalue weighted by Crippen LogP contribution is 2.07. The van der Waals surface area contributed by atoms with Crippen LogP contribution in [0.5, 0.6) is 0 Å². The molecule has 0 aliphatic carbocycles. The highest BCUT2D eigenvalue weighted by Gasteiger charge is 1.96. The van der Waals surface area contributed by atoms with Gasteiger partial charge < -0.3 is 0 Å². The summed E-state index contributed by atoms with van der Waals surface area (Å²) in [6, 6.07) is 6.92. The minimum absolute atomic E-state index is 0.229. The SMILES string of the molecule is O=Cc1ccccc1/C=C/C[N+](=O)[O-]. The van der Waals surface area contributed by atoms with Crippen molar-refractivity contribution in [1.29, 1.82) is 0 Å². The number of carbonyl (C=O) groups excluding carboxylic acids is 1. The van der Waals surface area contributed by atoms with Crippen LogP contribution in [0.1, 0.15) is 15.9 Å². The Bertz CT molecular complexity index is 371. The van der Waals surface area contributed by atoms with E-state index in [0.29, 0.717) is 11.1 Å². The van der Waals surface area contributed by atoms with Crippen molar-refractivity contribution in [1.82, 2.24) is 0 Å². The predicted octanol–water partition coefficient (Wildman–Crippen LogP) is 1.79. The lowest BCUT2D eigenvalue weighted by atomic mass is 10.1. The third kappa shape index (κ3) is 2.82. The molecule has 0 aromatic heterocycles. The predicted molar refractivity (Wildman–Crippen MR) is 52.7 cm³/mol. The minimum atomic E-state index is -0.431. The van der Waals surface area contributed by atoms with Crippen LogP contribution in [0.3, 0.4) is 0 Å². The van der Waals surface area contributed by atoms with Gasteiger partial charge in [0.25, 0.3) is 0 Å². The molecule has 0 heterocycles. The molecule has 0 fully saturated rings. The largest absolute Gasteiger partial charge is 0.298 e. The summed E-state index contributed by atoms with van der Waals surface area (Å²) >= 11 is 0. The van der Waals surface area contributed by atoms with E-state index >= 15 is 0 Å². The van der Waals surface area contributed by atoms with E-state index in [-0.39, 0.29) is 6.54 Å². The topological polar surface area (TPSA) is 60.2 Å². The first kappa shape index (κ1) is 10.1. The molecule has 0 saturated carbocycles. The van der Waals surface area contributed by atoms with Gasteiger partial charge in [-0.3, -0.25) is 14.9 Å². The number of nitrogens with zero attached hydrogens (tertiary/aromatic N) is 1. The van der Waals surface area contributed by atoms with Gasteiger partial charge in [-0.15, -0.1) is 0 Å². The molecule has 0 radical (unpaired) electrons. The van der Waals surface area contributed by atoms with Crippen LogP contribution in [-0.2, 0) is 0 Å². The summed E-state index contributed by atoms with van der Waals surface area (Å²) in [5.41, 5.74) is 1.23. The monoisotopic (exact) mass is 191 g/mol. The summed E-state index contributed by atoms with van der Waals surface area (Å²) in [6.45, 7) is -0.229. The van der Waals surface area contributed by atoms with E-state index in [1.54, 1.807) is 30.3 Å². The third-order valence-corrected chi connectivity index (χ3v) is 1.67. The van der Waals surface area contributed by atoms with Crippen molar-refractivity contribution in [2.75, 3.05) is 6.54 Å². The third-order valence-electron chi connectivity index (χ3n) is 1.67. The Kier molecular flexibility index (Phi) is 3.55. The Balaban J connectivity index is 2.80. The first-order chi connectivity index (χ1) is 6.74. The maximum absolute atomic E-state index is 10.6. The second-order valence-corrected chi connectivity index (χ2v) is 2.66. The maximum atomic E-state index is 10.6. The van der Waals surface area contributed by atoms with Gasteiger partial charge in [0.2, 0.25) is 6.54 Å². The Labute approximate surface area is 81.0 Å². The molecule has 4 nitrogen and oxygen atoms in total. The van der Waals surface area contributed by atoms with Gasteiger partial charge >= 0.3 is 0 Å². The standard InChI is InChI=1S/C10H9NO3/c12-8-10-5-2-1-4-9(10)6-3-7-11(13)14/h1-6,8H,7H2/b6-3+. The second kappa shape index (κ2) is 4.91. The van der Waals surface area contributed by atoms with Crippen LogP contribution in [0.2, 0.25) is 0 Å². The molecule has 0 aliphatic rings. The van der Waals surface area contributed by atoms with Gasteiger partial charge in [0.05, 0.1) is 0 Å². The molecule has 4 heteroatoms. The van der Waals surface area contributed by atoms with Gasteiger partial charge in [-0.2, -0.15) is 0 Å². The van der Waals surface area contributed by atoms with Gasteiger partial charge in [-0.1, -0.05) is 30.3 Å². The summed E-state index contributed by atoms with van der Waals surface area (Å²) in [7, 11) is 0. The van der Waals surface area contributed by atoms with Gasteiger partial charge in [0, 0.05) is 10.5 Å². The van der Waals surface area contributed by atoms with E-state index in [0.717, 1.165) is 6.29 Å². The summed E-state index contributed by atoms with van der Waals surface area (Å²) in [5, 5.41) is 10.0. The molecule has 0 N–H and O–H groups in total. The number of carbonyl (C=O) groups is 1. The summed E-state index contributed by atoms with van der Waals surface area (Å²) in [5.74, 6) is 0. The fourth-order valence-corrected chi connectivity index (χ4v) is 1.04. The Hall–Kier alpha value is -1.97. The van der Waals surface area contributed by atoms with Crippen LogP contribution in [0.15, 0.2) is 30.3 Å². The van der Waals surface area contributed by atoms with Crippen molar-refractivity contribution in [3.8, 4) is 0 Å². The van der Waals surface area contributed by atoms with Crippen LogP contribution >= 0.6 is 0 Å². The lowest BCUT2D eigenvalue weighted by molar-refractivity contribution is -0.468. The van der Waals surface area contributed by atoms with Gasteiger partial charge in [-0.05, 0) is 11.6 Å². The highest BCUT2D eigenvalue weighted by molar-refractivity contribution is 5.81. The number of aldehydes is 1. The smallest absolute Gasteiger partial charge is 0.222 e. The van der Waals surface area contributed by atoms with E-state index in [1.165, 1.54) is 6.08 Å². The number of hydrogen-bond acceptors (Lipinski definition) is 3. The highest BCUT2D eigenvalue weighted by atomic mass is 16.6. The van der Waals surface area contributed by atoms with E-state index in [4.69, 9.17) is 0 Å². The normalized spacial score (nSPS) is 10.3. The van der Waals surface area contributed by atoms with Gasteiger partial charge in [-0.25, -0.2) is 0 Å². The number of rotatable bonds is 4. The zero-order valence-electron chi connectivity index (χ0n) is 7.42. The molecule has 0 saturated heterocycles. The second-order valence-electron chi connectivity index (χ2n) is 2.66. The Morgan fingerprint density at radius 1 is 1.29 bits per heavy atom. The molecule has 1 aromatic rings. The fourth-order valence-electron chi connectivity index (χ4n) is 1.04. The molecule has 0 unspecified atom stereocenters. The van der Waals surface area contributed by atoms with Gasteiger partial charge in [0.15, 0.2) is 6.29 Å². The van der Waals surface area contributed by atoms with E-state index in [1.807, 2.05) is 0 Å². The lowest BCUT2D eigenvalue weighted by Crippen LogP contribution is -1.95. The van der Waals surface area contributed by atoms with Crippen molar-refractivity contribution in [2.45, 2.75) is 0 Å². The molecule has 14 heavy (non-hydrogen) atoms. The molecule has 1 rings (SSSR count). The maximum Gasteiger partial charge on any atom is 0.222 e. The first-order valence-electron chi connectivity index (χ1n) is 4.06. The van der Waals surface area contributed by atoms with Crippen molar-refractivity contribution < 1.29 is 9.72 Å². The quantitative estimate of drug-likeness (QED) is 0.414. The van der Waals surface area contributed by atoms with Crippen LogP contribution in [-0.4, -0.2) is 17.8 Å². The van der Waals surface area contributed by atoms with E-state index in [2.05, 4.69) is 0 Å². The van der Waals surface area contributed by atoms with Crippen molar-refractivity contribution >= 4 is 12.4 Å². The number of nitro groups is 1. The molecule has 0 aliphatic heterocycles. The zero-order chi connectivity index (χ0) is 10.4. The summed E-state index contributed by atoms with van der Waals surface area (Å²) in [6.07, 6.45) is 3.72. The molecular weight excluding hydrogens is 182 g/mol. The molecule has 0 atom stereocenters. The summed E-state index contributed by atoms with van der Waals surface area (Å²) in [4.78, 5) is 20.2. The van der Waals surface area contributed by atoms with Crippen LogP contribution in [0.4, 0.5) is 0 Å². The van der Waals surface area contributed by atoms with Crippen molar-refractivity contribution in [2.24, 2.45) is 0 Å². The minimum Gasteiger partial charge on any atom is -0.298 e. The molecule has 0 amide bonds. The van der Waals surface area contributed by atoms with Crippen molar-refractivity contribution in [3.63, 3.8) is 0 Å².